The number of aromatic nitrogens is 1. The first kappa shape index (κ1) is 19.6. The number of ether oxygens (including phenoxy) is 1. The molecule has 0 radical (unpaired) electrons. The summed E-state index contributed by atoms with van der Waals surface area (Å²) in [4.78, 5) is 0. The van der Waals surface area contributed by atoms with E-state index in [0.717, 1.165) is 6.07 Å². The summed E-state index contributed by atoms with van der Waals surface area (Å²) >= 11 is 0. The van der Waals surface area contributed by atoms with Gasteiger partial charge in [-0.3, -0.25) is 0 Å². The fraction of sp³-hybridized carbons (Fsp3) is 0.0952. The van der Waals surface area contributed by atoms with Gasteiger partial charge in [-0.2, -0.15) is 26.2 Å². The lowest BCUT2D eigenvalue weighted by Crippen LogP contribution is -2.33. The second kappa shape index (κ2) is 6.30. The fourth-order valence-corrected chi connectivity index (χ4v) is 4.28. The Morgan fingerprint density at radius 3 is 2.48 bits per heavy atom. The molecule has 10 heteroatoms. The van der Waals surface area contributed by atoms with Crippen molar-refractivity contribution in [1.29, 1.82) is 0 Å². The Kier molecular flexibility index (Phi) is 3.97. The van der Waals surface area contributed by atoms with Crippen LogP contribution in [-0.4, -0.2) is 13.9 Å². The van der Waals surface area contributed by atoms with Crippen LogP contribution in [0, 0.1) is 5.82 Å². The molecule has 4 aromatic rings. The lowest BCUT2D eigenvalue weighted by Gasteiger charge is -2.20. The Hall–Kier alpha value is -3.40. The van der Waals surface area contributed by atoms with Crippen molar-refractivity contribution in [3.05, 3.63) is 60.4 Å². The summed E-state index contributed by atoms with van der Waals surface area (Å²) in [5, 5.41) is 1.65. The largest absolute Gasteiger partial charge is 0.534 e. The highest BCUT2D eigenvalue weighted by Crippen LogP contribution is 2.46. The van der Waals surface area contributed by atoms with Crippen molar-refractivity contribution in [3.63, 3.8) is 0 Å². The lowest BCUT2D eigenvalue weighted by molar-refractivity contribution is -0.632. The Morgan fingerprint density at radius 2 is 1.74 bits per heavy atom. The maximum Gasteiger partial charge on any atom is 0.534 e. The first-order valence-corrected chi connectivity index (χ1v) is 10.3. The molecule has 158 valence electrons. The zero-order valence-electron chi connectivity index (χ0n) is 15.7. The zero-order chi connectivity index (χ0) is 22.1. The van der Waals surface area contributed by atoms with Crippen LogP contribution in [0.15, 0.2) is 54.6 Å². The maximum atomic E-state index is 14.0. The number of halogens is 4. The van der Waals surface area contributed by atoms with E-state index in [4.69, 9.17) is 4.74 Å². The van der Waals surface area contributed by atoms with E-state index in [2.05, 4.69) is 4.18 Å². The Labute approximate surface area is 173 Å². The van der Waals surface area contributed by atoms with Crippen molar-refractivity contribution in [3.8, 4) is 28.5 Å². The van der Waals surface area contributed by atoms with Crippen LogP contribution in [0.2, 0.25) is 0 Å². The van der Waals surface area contributed by atoms with E-state index >= 15 is 0 Å². The molecule has 0 aliphatic carbocycles. The molecule has 0 atom stereocenters. The third-order valence-electron chi connectivity index (χ3n) is 5.12. The van der Waals surface area contributed by atoms with Gasteiger partial charge in [-0.05, 0) is 36.4 Å². The van der Waals surface area contributed by atoms with Crippen LogP contribution in [0.4, 0.5) is 17.6 Å². The van der Waals surface area contributed by atoms with E-state index in [1.807, 2.05) is 0 Å². The molecule has 1 aromatic heterocycles. The van der Waals surface area contributed by atoms with Crippen LogP contribution < -0.4 is 13.5 Å². The second-order valence-corrected chi connectivity index (χ2v) is 8.53. The number of nitrogens with zero attached hydrogens (tertiary/aromatic N) is 1. The van der Waals surface area contributed by atoms with Crippen molar-refractivity contribution in [2.24, 2.45) is 7.05 Å². The molecule has 5 rings (SSSR count). The zero-order valence-corrected chi connectivity index (χ0v) is 16.5. The number of aryl methyl sites for hydroxylation is 1. The van der Waals surface area contributed by atoms with E-state index in [0.29, 0.717) is 44.4 Å². The van der Waals surface area contributed by atoms with Gasteiger partial charge in [0.2, 0.25) is 11.2 Å². The van der Waals surface area contributed by atoms with E-state index in [9.17, 15) is 26.0 Å². The number of pyridine rings is 1. The third-order valence-corrected chi connectivity index (χ3v) is 6.10. The molecule has 1 aliphatic heterocycles. The average molecular weight is 450 g/mol. The molecule has 0 saturated carbocycles. The summed E-state index contributed by atoms with van der Waals surface area (Å²) in [6.45, 7) is 0. The molecular formula is C21H12F4NO4S+. The fourth-order valence-electron chi connectivity index (χ4n) is 3.83. The van der Waals surface area contributed by atoms with E-state index < -0.39 is 27.2 Å². The molecule has 0 fully saturated rings. The van der Waals surface area contributed by atoms with Crippen molar-refractivity contribution >= 4 is 31.8 Å². The normalized spacial score (nSPS) is 13.2. The SMILES string of the molecule is C[n+]1c2c3c(cccc3c3cc(OS(=O)(=O)C(F)(F)F)ccc31)Oc1ccc(F)cc1-2. The predicted molar refractivity (Wildman–Crippen MR) is 104 cm³/mol. The van der Waals surface area contributed by atoms with Gasteiger partial charge >= 0.3 is 15.6 Å². The summed E-state index contributed by atoms with van der Waals surface area (Å²) in [6, 6.07) is 13.1. The van der Waals surface area contributed by atoms with Crippen LogP contribution in [0.25, 0.3) is 32.9 Å². The van der Waals surface area contributed by atoms with Gasteiger partial charge in [0, 0.05) is 11.5 Å². The highest BCUT2D eigenvalue weighted by Gasteiger charge is 2.48. The predicted octanol–water partition coefficient (Wildman–Crippen LogP) is 4.96. The molecule has 31 heavy (non-hydrogen) atoms. The molecule has 0 N–H and O–H groups in total. The number of fused-ring (bicyclic) bond motifs is 4. The Balaban J connectivity index is 1.82. The van der Waals surface area contributed by atoms with Crippen LogP contribution in [0.1, 0.15) is 0 Å². The molecule has 3 aromatic carbocycles. The van der Waals surface area contributed by atoms with Gasteiger partial charge in [-0.25, -0.2) is 4.39 Å². The molecule has 0 amide bonds. The smallest absolute Gasteiger partial charge is 0.456 e. The molecule has 2 heterocycles. The quantitative estimate of drug-likeness (QED) is 0.125. The minimum absolute atomic E-state index is 0.446. The second-order valence-electron chi connectivity index (χ2n) is 6.99. The number of hydrogen-bond acceptors (Lipinski definition) is 4. The summed E-state index contributed by atoms with van der Waals surface area (Å²) < 4.78 is 86.9. The minimum Gasteiger partial charge on any atom is -0.456 e. The molecule has 0 spiro atoms. The molecule has 0 saturated heterocycles. The summed E-state index contributed by atoms with van der Waals surface area (Å²) in [7, 11) is -4.09. The molecule has 1 aliphatic rings. The highest BCUT2D eigenvalue weighted by molar-refractivity contribution is 7.88. The molecule has 5 nitrogen and oxygen atoms in total. The van der Waals surface area contributed by atoms with Gasteiger partial charge in [-0.15, -0.1) is 0 Å². The van der Waals surface area contributed by atoms with Gasteiger partial charge in [0.15, 0.2) is 0 Å². The molecule has 0 bridgehead atoms. The topological polar surface area (TPSA) is 56.5 Å². The summed E-state index contributed by atoms with van der Waals surface area (Å²) in [6.07, 6.45) is 0. The first-order chi connectivity index (χ1) is 14.6. The highest BCUT2D eigenvalue weighted by atomic mass is 32.2. The van der Waals surface area contributed by atoms with Crippen molar-refractivity contribution in [1.82, 2.24) is 0 Å². The van der Waals surface area contributed by atoms with Crippen molar-refractivity contribution in [2.45, 2.75) is 5.51 Å². The van der Waals surface area contributed by atoms with Crippen LogP contribution in [0.5, 0.6) is 17.2 Å². The van der Waals surface area contributed by atoms with Gasteiger partial charge < -0.3 is 8.92 Å². The molecule has 0 unspecified atom stereocenters. The van der Waals surface area contributed by atoms with E-state index in [1.165, 1.54) is 30.3 Å². The maximum absolute atomic E-state index is 14.0. The van der Waals surface area contributed by atoms with E-state index in [-0.39, 0.29) is 0 Å². The van der Waals surface area contributed by atoms with Gasteiger partial charge in [0.1, 0.15) is 30.1 Å². The summed E-state index contributed by atoms with van der Waals surface area (Å²) in [5.74, 6) is 0.0238. The van der Waals surface area contributed by atoms with Crippen LogP contribution in [-0.2, 0) is 17.2 Å². The monoisotopic (exact) mass is 450 g/mol. The number of rotatable bonds is 2. The summed E-state index contributed by atoms with van der Waals surface area (Å²) in [5.41, 5.74) is -3.79. The van der Waals surface area contributed by atoms with Crippen molar-refractivity contribution in [2.75, 3.05) is 0 Å². The number of benzene rings is 3. The van der Waals surface area contributed by atoms with Gasteiger partial charge in [0.05, 0.1) is 16.3 Å². The first-order valence-electron chi connectivity index (χ1n) is 8.94. The third kappa shape index (κ3) is 2.89. The number of hydrogen-bond donors (Lipinski definition) is 0. The molecular weight excluding hydrogens is 438 g/mol. The van der Waals surface area contributed by atoms with E-state index in [1.54, 1.807) is 29.8 Å². The Bertz CT molecular complexity index is 1510. The Morgan fingerprint density at radius 1 is 0.968 bits per heavy atom. The minimum atomic E-state index is -5.81. The van der Waals surface area contributed by atoms with Crippen LogP contribution in [0.3, 0.4) is 0 Å². The van der Waals surface area contributed by atoms with Gasteiger partial charge in [-0.1, -0.05) is 12.1 Å². The van der Waals surface area contributed by atoms with Gasteiger partial charge in [0.25, 0.3) is 0 Å². The van der Waals surface area contributed by atoms with Crippen molar-refractivity contribution < 1.29 is 39.5 Å². The van der Waals surface area contributed by atoms with Crippen LogP contribution >= 0.6 is 0 Å². The lowest BCUT2D eigenvalue weighted by atomic mass is 9.96. The standard InChI is InChI=1S/C21H12F4NO4S/c1-26-16-7-6-12(30-31(27,28)21(23,24)25)10-14(16)13-3-2-4-18-19(13)20(26)15-9-11(22)5-8-17(15)29-18/h2-10H,1H3/q+1. The average Bonchev–Trinajstić information content (AvgIpc) is 2.69. The number of alkyl halides is 3.